The molecule has 1 atom stereocenters. The molecule has 37 heavy (non-hydrogen) atoms. The summed E-state index contributed by atoms with van der Waals surface area (Å²) in [4.78, 5) is 27.8. The lowest BCUT2D eigenvalue weighted by atomic mass is 9.92. The molecule has 3 aromatic rings. The van der Waals surface area contributed by atoms with Gasteiger partial charge in [0.2, 0.25) is 0 Å². The van der Waals surface area contributed by atoms with E-state index in [1.807, 2.05) is 38.4 Å². The molecule has 1 aromatic carbocycles. The van der Waals surface area contributed by atoms with Crippen molar-refractivity contribution in [1.82, 2.24) is 15.0 Å². The van der Waals surface area contributed by atoms with Gasteiger partial charge in [-0.05, 0) is 74.4 Å². The Bertz CT molecular complexity index is 1090. The highest BCUT2D eigenvalue weighted by molar-refractivity contribution is 5.70. The number of hydrogen-bond acceptors (Lipinski definition) is 7. The van der Waals surface area contributed by atoms with Crippen molar-refractivity contribution in [2.45, 2.75) is 71.3 Å². The molecular weight excluding hydrogens is 464 g/mol. The Balaban J connectivity index is 1.43. The zero-order chi connectivity index (χ0) is 26.5. The number of nitrogens with zero attached hydrogens (tertiary/aromatic N) is 4. The van der Waals surface area contributed by atoms with Gasteiger partial charge in [-0.1, -0.05) is 37.5 Å². The van der Waals surface area contributed by atoms with E-state index in [-0.39, 0.29) is 11.9 Å². The third-order valence-electron chi connectivity index (χ3n) is 6.49. The van der Waals surface area contributed by atoms with E-state index < -0.39 is 0 Å². The van der Waals surface area contributed by atoms with Crippen molar-refractivity contribution < 1.29 is 14.3 Å². The lowest BCUT2D eigenvalue weighted by molar-refractivity contribution is -0.143. The predicted octanol–water partition coefficient (Wildman–Crippen LogP) is 6.06. The van der Waals surface area contributed by atoms with Crippen molar-refractivity contribution in [1.29, 1.82) is 0 Å². The van der Waals surface area contributed by atoms with Crippen LogP contribution in [0.25, 0.3) is 0 Å². The van der Waals surface area contributed by atoms with Crippen LogP contribution in [0.15, 0.2) is 54.9 Å². The minimum atomic E-state index is -0.156. The van der Waals surface area contributed by atoms with Gasteiger partial charge in [-0.3, -0.25) is 4.79 Å². The summed E-state index contributed by atoms with van der Waals surface area (Å²) in [6, 6.07) is 14.4. The fourth-order valence-electron chi connectivity index (χ4n) is 4.38. The van der Waals surface area contributed by atoms with E-state index in [9.17, 15) is 4.79 Å². The van der Waals surface area contributed by atoms with Gasteiger partial charge >= 0.3 is 5.97 Å². The van der Waals surface area contributed by atoms with Crippen molar-refractivity contribution in [2.24, 2.45) is 0 Å². The zero-order valence-corrected chi connectivity index (χ0v) is 22.7. The summed E-state index contributed by atoms with van der Waals surface area (Å²) in [5, 5.41) is 0. The number of ether oxygens (including phenoxy) is 2. The first-order chi connectivity index (χ1) is 18.0. The number of pyridine rings is 1. The number of unbranched alkanes of at least 4 members (excludes halogenated alkanes) is 3. The number of methoxy groups -OCH3 is 1. The second kappa shape index (κ2) is 14.9. The Hall–Kier alpha value is -3.48. The number of aromatic nitrogens is 3. The minimum absolute atomic E-state index is 0.0965. The molecule has 0 unspecified atom stereocenters. The van der Waals surface area contributed by atoms with E-state index in [2.05, 4.69) is 52.2 Å². The van der Waals surface area contributed by atoms with Gasteiger partial charge in [0, 0.05) is 31.7 Å². The Morgan fingerprint density at radius 1 is 1.00 bits per heavy atom. The van der Waals surface area contributed by atoms with E-state index in [0.29, 0.717) is 13.0 Å². The second-order valence-corrected chi connectivity index (χ2v) is 9.41. The monoisotopic (exact) mass is 504 g/mol. The third-order valence-corrected chi connectivity index (χ3v) is 6.49. The number of benzene rings is 1. The van der Waals surface area contributed by atoms with E-state index in [4.69, 9.17) is 14.5 Å². The van der Waals surface area contributed by atoms with Gasteiger partial charge in [0.25, 0.3) is 0 Å². The average Bonchev–Trinajstić information content (AvgIpc) is 2.91. The maximum Gasteiger partial charge on any atom is 0.306 e. The van der Waals surface area contributed by atoms with Crippen molar-refractivity contribution in [3.63, 3.8) is 0 Å². The Morgan fingerprint density at radius 2 is 1.73 bits per heavy atom. The van der Waals surface area contributed by atoms with Crippen LogP contribution in [0.2, 0.25) is 0 Å². The fraction of sp³-hybridized carbons (Fsp3) is 0.467. The SMILES string of the molecule is CCOC(=O)C[C@H](CCCCCCc1cccc(N(C)Cc2ccc(OC)cc2)n1)c1cnc(C)nc1. The average molecular weight is 505 g/mol. The van der Waals surface area contributed by atoms with E-state index >= 15 is 0 Å². The number of carbonyl (C=O) groups excluding carboxylic acids is 1. The largest absolute Gasteiger partial charge is 0.497 e. The number of aryl methyl sites for hydroxylation is 2. The van der Waals surface area contributed by atoms with Crippen LogP contribution in [0.3, 0.4) is 0 Å². The molecule has 0 aliphatic carbocycles. The van der Waals surface area contributed by atoms with Crippen LogP contribution >= 0.6 is 0 Å². The van der Waals surface area contributed by atoms with Gasteiger partial charge in [-0.15, -0.1) is 0 Å². The summed E-state index contributed by atoms with van der Waals surface area (Å²) in [5.41, 5.74) is 3.35. The van der Waals surface area contributed by atoms with Crippen LogP contribution in [-0.4, -0.2) is 41.7 Å². The maximum absolute atomic E-state index is 12.1. The van der Waals surface area contributed by atoms with Crippen LogP contribution in [0.1, 0.15) is 74.0 Å². The molecule has 0 aliphatic rings. The van der Waals surface area contributed by atoms with Crippen LogP contribution in [0, 0.1) is 6.92 Å². The van der Waals surface area contributed by atoms with Gasteiger partial charge in [-0.2, -0.15) is 0 Å². The van der Waals surface area contributed by atoms with Crippen LogP contribution < -0.4 is 9.64 Å². The lowest BCUT2D eigenvalue weighted by Gasteiger charge is -2.19. The molecule has 0 amide bonds. The van der Waals surface area contributed by atoms with Crippen LogP contribution in [-0.2, 0) is 22.5 Å². The zero-order valence-electron chi connectivity index (χ0n) is 22.7. The molecule has 3 rings (SSSR count). The number of esters is 1. The van der Waals surface area contributed by atoms with Crippen LogP contribution in [0.5, 0.6) is 5.75 Å². The Kier molecular flexibility index (Phi) is 11.3. The molecule has 0 aliphatic heterocycles. The molecule has 0 fully saturated rings. The number of anilines is 1. The number of carbonyl (C=O) groups is 1. The molecule has 0 radical (unpaired) electrons. The van der Waals surface area contributed by atoms with Gasteiger partial charge in [0.15, 0.2) is 0 Å². The van der Waals surface area contributed by atoms with Crippen molar-refractivity contribution in [2.75, 3.05) is 25.7 Å². The summed E-state index contributed by atoms with van der Waals surface area (Å²) in [6.07, 6.45) is 10.3. The van der Waals surface area contributed by atoms with E-state index in [0.717, 1.165) is 73.7 Å². The molecule has 0 N–H and O–H groups in total. The molecular formula is C30H40N4O3. The normalized spacial score (nSPS) is 11.7. The molecule has 2 heterocycles. The van der Waals surface area contributed by atoms with Crippen molar-refractivity contribution in [3.05, 3.63) is 77.5 Å². The molecule has 0 spiro atoms. The lowest BCUT2D eigenvalue weighted by Crippen LogP contribution is -2.18. The molecule has 0 bridgehead atoms. The highest BCUT2D eigenvalue weighted by Crippen LogP contribution is 2.26. The van der Waals surface area contributed by atoms with Crippen molar-refractivity contribution in [3.8, 4) is 5.75 Å². The number of rotatable bonds is 15. The molecule has 2 aromatic heterocycles. The standard InChI is InChI=1S/C30H40N4O3/c1-5-37-30(35)19-25(26-20-31-23(2)32-21-26)11-8-6-7-9-12-27-13-10-14-29(33-27)34(3)22-24-15-17-28(36-4)18-16-24/h10,13-18,20-21,25H,5-9,11-12,19,22H2,1-4H3/t25-/m0/s1. The summed E-state index contributed by atoms with van der Waals surface area (Å²) in [7, 11) is 3.75. The van der Waals surface area contributed by atoms with Gasteiger partial charge in [0.05, 0.1) is 20.1 Å². The highest BCUT2D eigenvalue weighted by Gasteiger charge is 2.17. The molecule has 198 valence electrons. The summed E-state index contributed by atoms with van der Waals surface area (Å²) in [6.45, 7) is 4.90. The van der Waals surface area contributed by atoms with E-state index in [1.54, 1.807) is 7.11 Å². The Labute approximate surface area is 221 Å². The maximum atomic E-state index is 12.1. The summed E-state index contributed by atoms with van der Waals surface area (Å²) < 4.78 is 10.4. The summed E-state index contributed by atoms with van der Waals surface area (Å²) in [5.74, 6) is 2.53. The highest BCUT2D eigenvalue weighted by atomic mass is 16.5. The van der Waals surface area contributed by atoms with Crippen LogP contribution in [0.4, 0.5) is 5.82 Å². The first-order valence-corrected chi connectivity index (χ1v) is 13.2. The van der Waals surface area contributed by atoms with Gasteiger partial charge < -0.3 is 14.4 Å². The topological polar surface area (TPSA) is 77.4 Å². The fourth-order valence-corrected chi connectivity index (χ4v) is 4.38. The first-order valence-electron chi connectivity index (χ1n) is 13.2. The van der Waals surface area contributed by atoms with Gasteiger partial charge in [-0.25, -0.2) is 15.0 Å². The number of hydrogen-bond donors (Lipinski definition) is 0. The molecule has 7 heteroatoms. The second-order valence-electron chi connectivity index (χ2n) is 9.41. The van der Waals surface area contributed by atoms with Gasteiger partial charge in [0.1, 0.15) is 17.4 Å². The van der Waals surface area contributed by atoms with E-state index in [1.165, 1.54) is 5.56 Å². The molecule has 0 saturated carbocycles. The molecule has 7 nitrogen and oxygen atoms in total. The summed E-state index contributed by atoms with van der Waals surface area (Å²) >= 11 is 0. The van der Waals surface area contributed by atoms with Crippen molar-refractivity contribution >= 4 is 11.8 Å². The predicted molar refractivity (Wildman–Crippen MR) is 147 cm³/mol. The smallest absolute Gasteiger partial charge is 0.306 e. The quantitative estimate of drug-likeness (QED) is 0.184. The minimum Gasteiger partial charge on any atom is -0.497 e. The molecule has 0 saturated heterocycles. The third kappa shape index (κ3) is 9.48. The first kappa shape index (κ1) is 28.1. The Morgan fingerprint density at radius 3 is 2.43 bits per heavy atom.